The number of benzene rings is 2. The van der Waals surface area contributed by atoms with Crippen LogP contribution in [0.3, 0.4) is 0 Å². The molecule has 1 atom stereocenters. The Bertz CT molecular complexity index is 1010. The molecule has 0 aliphatic rings. The molecule has 1 amide bonds. The minimum Gasteiger partial charge on any atom is -0.434 e. The van der Waals surface area contributed by atoms with Crippen LogP contribution in [0.4, 0.5) is 8.78 Å². The number of carbonyl (C=O) groups excluding carboxylic acids is 2. The molecule has 0 radical (unpaired) electrons. The number of ketones is 1. The molecule has 0 fully saturated rings. The molecule has 146 valence electrons. The number of ether oxygens (including phenoxy) is 1. The van der Waals surface area contributed by atoms with E-state index in [9.17, 15) is 18.4 Å². The molecule has 5 nitrogen and oxygen atoms in total. The van der Waals surface area contributed by atoms with Crippen molar-refractivity contribution in [1.29, 1.82) is 0 Å². The van der Waals surface area contributed by atoms with Gasteiger partial charge in [0.05, 0.1) is 11.6 Å². The van der Waals surface area contributed by atoms with Crippen LogP contribution in [0.2, 0.25) is 0 Å². The average molecular weight is 386 g/mol. The molecule has 3 aromatic rings. The second-order valence-electron chi connectivity index (χ2n) is 6.35. The van der Waals surface area contributed by atoms with Crippen molar-refractivity contribution in [1.82, 2.24) is 10.3 Å². The van der Waals surface area contributed by atoms with Crippen molar-refractivity contribution in [3.05, 3.63) is 65.4 Å². The second kappa shape index (κ2) is 8.21. The third kappa shape index (κ3) is 3.88. The molecule has 1 heterocycles. The smallest absolute Gasteiger partial charge is 0.387 e. The minimum atomic E-state index is -2.98. The van der Waals surface area contributed by atoms with E-state index in [0.717, 1.165) is 5.52 Å². The van der Waals surface area contributed by atoms with Gasteiger partial charge in [0.2, 0.25) is 0 Å². The van der Waals surface area contributed by atoms with Crippen LogP contribution in [0.15, 0.2) is 48.5 Å². The fourth-order valence-electron chi connectivity index (χ4n) is 3.28. The zero-order valence-corrected chi connectivity index (χ0v) is 15.5. The average Bonchev–Trinajstić information content (AvgIpc) is 3.01. The summed E-state index contributed by atoms with van der Waals surface area (Å²) in [5.74, 6) is -1.51. The Hall–Kier alpha value is -3.22. The van der Waals surface area contributed by atoms with Crippen LogP contribution in [-0.2, 0) is 4.79 Å². The molecule has 1 unspecified atom stereocenters. The van der Waals surface area contributed by atoms with Crippen molar-refractivity contribution >= 4 is 22.6 Å². The monoisotopic (exact) mass is 386 g/mol. The lowest BCUT2D eigenvalue weighted by molar-refractivity contribution is -0.117. The number of H-pyrrole nitrogens is 1. The number of aromatic amines is 1. The molecule has 28 heavy (non-hydrogen) atoms. The first kappa shape index (κ1) is 19.5. The predicted octanol–water partition coefficient (Wildman–Crippen LogP) is 4.53. The molecule has 0 spiro atoms. The van der Waals surface area contributed by atoms with Gasteiger partial charge in [-0.3, -0.25) is 9.59 Å². The highest BCUT2D eigenvalue weighted by Gasteiger charge is 2.26. The number of aromatic nitrogens is 1. The van der Waals surface area contributed by atoms with Crippen molar-refractivity contribution in [2.75, 3.05) is 0 Å². The van der Waals surface area contributed by atoms with E-state index in [1.165, 1.54) is 6.07 Å². The molecule has 0 aliphatic heterocycles. The Morgan fingerprint density at radius 2 is 1.79 bits per heavy atom. The van der Waals surface area contributed by atoms with Gasteiger partial charge in [0.25, 0.3) is 11.7 Å². The molecular weight excluding hydrogens is 366 g/mol. The Morgan fingerprint density at radius 1 is 1.11 bits per heavy atom. The minimum absolute atomic E-state index is 0.0274. The number of hydrogen-bond acceptors (Lipinski definition) is 3. The van der Waals surface area contributed by atoms with Gasteiger partial charge in [-0.1, -0.05) is 43.3 Å². The van der Waals surface area contributed by atoms with E-state index in [1.54, 1.807) is 44.2 Å². The Balaban J connectivity index is 1.87. The number of halogens is 2. The first-order valence-electron chi connectivity index (χ1n) is 8.88. The molecule has 0 bridgehead atoms. The zero-order chi connectivity index (χ0) is 20.3. The molecule has 3 rings (SSSR count). The molecule has 1 aromatic heterocycles. The summed E-state index contributed by atoms with van der Waals surface area (Å²) in [7, 11) is 0. The lowest BCUT2D eigenvalue weighted by Gasteiger charge is -2.20. The van der Waals surface area contributed by atoms with Gasteiger partial charge < -0.3 is 15.0 Å². The maximum absolute atomic E-state index is 12.8. The van der Waals surface area contributed by atoms with Crippen LogP contribution in [0.5, 0.6) is 5.75 Å². The van der Waals surface area contributed by atoms with Gasteiger partial charge in [0.15, 0.2) is 0 Å². The molecule has 2 aromatic carbocycles. The van der Waals surface area contributed by atoms with Gasteiger partial charge in [-0.2, -0.15) is 8.78 Å². The molecule has 0 saturated carbocycles. The number of para-hydroxylation sites is 2. The fourth-order valence-corrected chi connectivity index (χ4v) is 3.28. The number of carbonyl (C=O) groups is 2. The summed E-state index contributed by atoms with van der Waals surface area (Å²) >= 11 is 0. The Morgan fingerprint density at radius 3 is 2.50 bits per heavy atom. The fraction of sp³-hybridized carbons (Fsp3) is 0.238. The standard InChI is InChI=1S/C21H20F2N2O3/c1-3-15(13-8-5-7-11-17(13)28-21(22)23)25-20(27)19(26)18-12(2)24-16-10-6-4-9-14(16)18/h4-11,15,21,24H,3H2,1-2H3,(H,25,27). The summed E-state index contributed by atoms with van der Waals surface area (Å²) in [6.07, 6.45) is 0.398. The molecule has 0 saturated heterocycles. The van der Waals surface area contributed by atoms with Crippen molar-refractivity contribution in [3.8, 4) is 5.75 Å². The maximum atomic E-state index is 12.8. The third-order valence-electron chi connectivity index (χ3n) is 4.55. The summed E-state index contributed by atoms with van der Waals surface area (Å²) in [5.41, 5.74) is 2.05. The van der Waals surface area contributed by atoms with E-state index >= 15 is 0 Å². The number of fused-ring (bicyclic) bond motifs is 1. The van der Waals surface area contributed by atoms with Crippen LogP contribution in [0.1, 0.15) is 41.0 Å². The largest absolute Gasteiger partial charge is 0.434 e. The van der Waals surface area contributed by atoms with Crippen molar-refractivity contribution in [2.24, 2.45) is 0 Å². The van der Waals surface area contributed by atoms with E-state index in [2.05, 4.69) is 15.0 Å². The molecular formula is C21H20F2N2O3. The van der Waals surface area contributed by atoms with E-state index < -0.39 is 24.3 Å². The molecule has 0 aliphatic carbocycles. The Kier molecular flexibility index (Phi) is 5.73. The van der Waals surface area contributed by atoms with Gasteiger partial charge in [0.1, 0.15) is 5.75 Å². The van der Waals surface area contributed by atoms with E-state index in [1.807, 2.05) is 12.1 Å². The normalized spacial score (nSPS) is 12.2. The number of aryl methyl sites for hydroxylation is 1. The summed E-state index contributed by atoms with van der Waals surface area (Å²) in [5, 5.41) is 3.31. The highest BCUT2D eigenvalue weighted by molar-refractivity contribution is 6.45. The summed E-state index contributed by atoms with van der Waals surface area (Å²) in [6.45, 7) is 0.527. The number of nitrogens with one attached hydrogen (secondary N) is 2. The highest BCUT2D eigenvalue weighted by Crippen LogP contribution is 2.29. The zero-order valence-electron chi connectivity index (χ0n) is 15.5. The highest BCUT2D eigenvalue weighted by atomic mass is 19.3. The van der Waals surface area contributed by atoms with Crippen LogP contribution < -0.4 is 10.1 Å². The van der Waals surface area contributed by atoms with Crippen LogP contribution in [0.25, 0.3) is 10.9 Å². The van der Waals surface area contributed by atoms with E-state index in [0.29, 0.717) is 28.6 Å². The molecule has 7 heteroatoms. The van der Waals surface area contributed by atoms with Gasteiger partial charge >= 0.3 is 6.61 Å². The van der Waals surface area contributed by atoms with E-state index in [4.69, 9.17) is 0 Å². The summed E-state index contributed by atoms with van der Waals surface area (Å²) in [6, 6.07) is 12.8. The van der Waals surface area contributed by atoms with Crippen LogP contribution in [0, 0.1) is 6.92 Å². The topological polar surface area (TPSA) is 71.2 Å². The lowest BCUT2D eigenvalue weighted by Crippen LogP contribution is -2.34. The second-order valence-corrected chi connectivity index (χ2v) is 6.35. The summed E-state index contributed by atoms with van der Waals surface area (Å²) < 4.78 is 29.9. The number of Topliss-reactive ketones (excluding diaryl/α,β-unsaturated/α-hetero) is 1. The predicted molar refractivity (Wildman–Crippen MR) is 102 cm³/mol. The number of rotatable bonds is 7. The third-order valence-corrected chi connectivity index (χ3v) is 4.55. The van der Waals surface area contributed by atoms with Gasteiger partial charge in [-0.15, -0.1) is 0 Å². The van der Waals surface area contributed by atoms with Gasteiger partial charge in [-0.25, -0.2) is 0 Å². The van der Waals surface area contributed by atoms with Crippen molar-refractivity contribution in [3.63, 3.8) is 0 Å². The van der Waals surface area contributed by atoms with Crippen LogP contribution >= 0.6 is 0 Å². The number of hydrogen-bond donors (Lipinski definition) is 2. The Labute approximate surface area is 160 Å². The van der Waals surface area contributed by atoms with Gasteiger partial charge in [-0.05, 0) is 25.5 Å². The maximum Gasteiger partial charge on any atom is 0.387 e. The number of amides is 1. The summed E-state index contributed by atoms with van der Waals surface area (Å²) in [4.78, 5) is 28.5. The van der Waals surface area contributed by atoms with Crippen molar-refractivity contribution in [2.45, 2.75) is 32.9 Å². The van der Waals surface area contributed by atoms with Crippen LogP contribution in [-0.4, -0.2) is 23.3 Å². The van der Waals surface area contributed by atoms with Crippen molar-refractivity contribution < 1.29 is 23.1 Å². The van der Waals surface area contributed by atoms with Gasteiger partial charge in [0, 0.05) is 22.2 Å². The number of alkyl halides is 2. The molecule has 2 N–H and O–H groups in total. The first-order chi connectivity index (χ1) is 13.4. The quantitative estimate of drug-likeness (QED) is 0.463. The SMILES string of the molecule is CCC(NC(=O)C(=O)c1c(C)[nH]c2ccccc12)c1ccccc1OC(F)F. The van der Waals surface area contributed by atoms with E-state index in [-0.39, 0.29) is 5.75 Å². The lowest BCUT2D eigenvalue weighted by atomic mass is 10.0. The first-order valence-corrected chi connectivity index (χ1v) is 8.88.